The second kappa shape index (κ2) is 7.10. The number of halogens is 2. The zero-order valence-corrected chi connectivity index (χ0v) is 15.6. The lowest BCUT2D eigenvalue weighted by atomic mass is 10.0. The minimum absolute atomic E-state index is 0.0719. The summed E-state index contributed by atoms with van der Waals surface area (Å²) in [5.74, 6) is 0.468. The molecule has 4 rings (SSSR count). The SMILES string of the molecule is Cc1ccc(-c2ccc(C3COC(c4c(Cl)cncc4Cl)=N3)cc2)cc1. The van der Waals surface area contributed by atoms with Crippen LogP contribution >= 0.6 is 23.2 Å². The van der Waals surface area contributed by atoms with Crippen molar-refractivity contribution in [2.75, 3.05) is 6.61 Å². The summed E-state index contributed by atoms with van der Waals surface area (Å²) < 4.78 is 5.75. The van der Waals surface area contributed by atoms with Crippen molar-refractivity contribution in [2.24, 2.45) is 4.99 Å². The summed E-state index contributed by atoms with van der Waals surface area (Å²) in [6.07, 6.45) is 3.08. The van der Waals surface area contributed by atoms with Crippen LogP contribution < -0.4 is 0 Å². The smallest absolute Gasteiger partial charge is 0.220 e. The number of nitrogens with zero attached hydrogens (tertiary/aromatic N) is 2. The Morgan fingerprint density at radius 1 is 0.885 bits per heavy atom. The van der Waals surface area contributed by atoms with E-state index in [2.05, 4.69) is 65.4 Å². The first-order valence-corrected chi connectivity index (χ1v) is 9.04. The molecule has 0 aliphatic carbocycles. The highest BCUT2D eigenvalue weighted by Crippen LogP contribution is 2.31. The maximum absolute atomic E-state index is 6.20. The molecule has 2 heterocycles. The van der Waals surface area contributed by atoms with Gasteiger partial charge in [-0.1, -0.05) is 77.3 Å². The number of hydrogen-bond acceptors (Lipinski definition) is 3. The van der Waals surface area contributed by atoms with E-state index in [-0.39, 0.29) is 6.04 Å². The van der Waals surface area contributed by atoms with Crippen LogP contribution in [0.15, 0.2) is 65.9 Å². The van der Waals surface area contributed by atoms with E-state index >= 15 is 0 Å². The average molecular weight is 383 g/mol. The van der Waals surface area contributed by atoms with Gasteiger partial charge in [0.25, 0.3) is 0 Å². The molecule has 0 amide bonds. The Morgan fingerprint density at radius 3 is 2.08 bits per heavy atom. The van der Waals surface area contributed by atoms with Crippen LogP contribution in [0.3, 0.4) is 0 Å². The zero-order valence-electron chi connectivity index (χ0n) is 14.1. The third kappa shape index (κ3) is 3.33. The Hall–Kier alpha value is -2.36. The number of aromatic nitrogens is 1. The summed E-state index contributed by atoms with van der Waals surface area (Å²) in [4.78, 5) is 8.62. The lowest BCUT2D eigenvalue weighted by molar-refractivity contribution is 0.320. The fourth-order valence-electron chi connectivity index (χ4n) is 2.94. The van der Waals surface area contributed by atoms with Crippen LogP contribution in [0.2, 0.25) is 10.0 Å². The number of aliphatic imine (C=N–C) groups is 1. The Morgan fingerprint density at radius 2 is 1.46 bits per heavy atom. The maximum Gasteiger partial charge on any atom is 0.220 e. The molecule has 26 heavy (non-hydrogen) atoms. The standard InChI is InChI=1S/C21H16Cl2N2O/c1-13-2-4-14(5-3-13)15-6-8-16(9-7-15)19-12-26-21(25-19)20-17(22)10-24-11-18(20)23/h2-11,19H,12H2,1H3. The molecule has 1 aliphatic rings. The lowest BCUT2D eigenvalue weighted by Crippen LogP contribution is -2.03. The van der Waals surface area contributed by atoms with Crippen molar-refractivity contribution in [1.29, 1.82) is 0 Å². The first-order chi connectivity index (χ1) is 12.6. The molecule has 1 aromatic heterocycles. The number of rotatable bonds is 3. The molecule has 0 fully saturated rings. The number of hydrogen-bond donors (Lipinski definition) is 0. The monoisotopic (exact) mass is 382 g/mol. The Labute approximate surface area is 162 Å². The van der Waals surface area contributed by atoms with Crippen molar-refractivity contribution in [3.63, 3.8) is 0 Å². The van der Waals surface area contributed by atoms with E-state index < -0.39 is 0 Å². The molecular weight excluding hydrogens is 367 g/mol. The van der Waals surface area contributed by atoms with Crippen LogP contribution in [-0.4, -0.2) is 17.5 Å². The van der Waals surface area contributed by atoms with E-state index in [1.807, 2.05) is 0 Å². The number of pyridine rings is 1. The van der Waals surface area contributed by atoms with Crippen molar-refractivity contribution in [3.05, 3.63) is 87.7 Å². The van der Waals surface area contributed by atoms with Crippen molar-refractivity contribution >= 4 is 29.1 Å². The highest BCUT2D eigenvalue weighted by molar-refractivity contribution is 6.39. The third-order valence-corrected chi connectivity index (χ3v) is 4.97. The fraction of sp³-hybridized carbons (Fsp3) is 0.143. The molecule has 1 atom stereocenters. The van der Waals surface area contributed by atoms with Crippen LogP contribution in [0.1, 0.15) is 22.7 Å². The predicted octanol–water partition coefficient (Wildman–Crippen LogP) is 5.88. The highest BCUT2D eigenvalue weighted by atomic mass is 35.5. The van der Waals surface area contributed by atoms with E-state index in [0.717, 1.165) is 5.56 Å². The van der Waals surface area contributed by atoms with Gasteiger partial charge >= 0.3 is 0 Å². The minimum Gasteiger partial charge on any atom is -0.475 e. The number of benzene rings is 2. The van der Waals surface area contributed by atoms with Gasteiger partial charge in [-0.05, 0) is 23.6 Å². The van der Waals surface area contributed by atoms with E-state index in [0.29, 0.717) is 28.1 Å². The van der Waals surface area contributed by atoms with Gasteiger partial charge in [0.2, 0.25) is 5.90 Å². The minimum atomic E-state index is -0.0719. The molecule has 0 saturated carbocycles. The summed E-state index contributed by atoms with van der Waals surface area (Å²) in [5.41, 5.74) is 5.32. The fourth-order valence-corrected chi connectivity index (χ4v) is 3.47. The molecule has 2 aromatic carbocycles. The van der Waals surface area contributed by atoms with Gasteiger partial charge in [-0.2, -0.15) is 0 Å². The normalized spacial score (nSPS) is 16.3. The van der Waals surface area contributed by atoms with Gasteiger partial charge in [0.1, 0.15) is 12.6 Å². The Balaban J connectivity index is 1.59. The van der Waals surface area contributed by atoms with Crippen LogP contribution in [0.5, 0.6) is 0 Å². The Bertz CT molecular complexity index is 946. The summed E-state index contributed by atoms with van der Waals surface area (Å²) in [5, 5.41) is 0.873. The van der Waals surface area contributed by atoms with E-state index in [1.54, 1.807) is 12.4 Å². The average Bonchev–Trinajstić information content (AvgIpc) is 3.12. The van der Waals surface area contributed by atoms with Crippen molar-refractivity contribution in [3.8, 4) is 11.1 Å². The van der Waals surface area contributed by atoms with Gasteiger partial charge < -0.3 is 4.74 Å². The molecule has 0 radical (unpaired) electrons. The summed E-state index contributed by atoms with van der Waals surface area (Å²) >= 11 is 12.4. The molecule has 0 saturated heterocycles. The van der Waals surface area contributed by atoms with Crippen LogP contribution in [0.4, 0.5) is 0 Å². The van der Waals surface area contributed by atoms with Gasteiger partial charge in [0, 0.05) is 12.4 Å². The predicted molar refractivity (Wildman–Crippen MR) is 106 cm³/mol. The molecule has 3 aromatic rings. The molecule has 5 heteroatoms. The molecule has 1 aliphatic heterocycles. The van der Waals surface area contributed by atoms with Crippen molar-refractivity contribution < 1.29 is 4.74 Å². The summed E-state index contributed by atoms with van der Waals surface area (Å²) in [6.45, 7) is 2.55. The third-order valence-electron chi connectivity index (χ3n) is 4.40. The first-order valence-electron chi connectivity index (χ1n) is 8.29. The second-order valence-corrected chi connectivity index (χ2v) is 7.04. The van der Waals surface area contributed by atoms with Crippen LogP contribution in [-0.2, 0) is 4.74 Å². The maximum atomic E-state index is 6.20. The summed E-state index contributed by atoms with van der Waals surface area (Å²) in [7, 11) is 0. The molecule has 0 bridgehead atoms. The molecule has 0 N–H and O–H groups in total. The quantitative estimate of drug-likeness (QED) is 0.566. The van der Waals surface area contributed by atoms with Gasteiger partial charge in [-0.15, -0.1) is 0 Å². The van der Waals surface area contributed by atoms with E-state index in [1.165, 1.54) is 16.7 Å². The van der Waals surface area contributed by atoms with Gasteiger partial charge in [0.05, 0.1) is 15.6 Å². The first kappa shape index (κ1) is 17.1. The van der Waals surface area contributed by atoms with Crippen LogP contribution in [0, 0.1) is 6.92 Å². The molecule has 130 valence electrons. The number of ether oxygens (including phenoxy) is 1. The zero-order chi connectivity index (χ0) is 18.1. The Kier molecular flexibility index (Phi) is 4.66. The van der Waals surface area contributed by atoms with Gasteiger partial charge in [0.15, 0.2) is 0 Å². The van der Waals surface area contributed by atoms with Crippen molar-refractivity contribution in [2.45, 2.75) is 13.0 Å². The molecular formula is C21H16Cl2N2O. The van der Waals surface area contributed by atoms with Gasteiger partial charge in [-0.25, -0.2) is 4.99 Å². The number of aryl methyl sites for hydroxylation is 1. The second-order valence-electron chi connectivity index (χ2n) is 6.23. The summed E-state index contributed by atoms with van der Waals surface area (Å²) in [6, 6.07) is 16.8. The highest BCUT2D eigenvalue weighted by Gasteiger charge is 2.25. The van der Waals surface area contributed by atoms with E-state index in [4.69, 9.17) is 27.9 Å². The molecule has 1 unspecified atom stereocenters. The van der Waals surface area contributed by atoms with E-state index in [9.17, 15) is 0 Å². The molecule has 0 spiro atoms. The molecule has 3 nitrogen and oxygen atoms in total. The topological polar surface area (TPSA) is 34.5 Å². The van der Waals surface area contributed by atoms with Gasteiger partial charge in [-0.3, -0.25) is 4.98 Å². The van der Waals surface area contributed by atoms with Crippen LogP contribution in [0.25, 0.3) is 11.1 Å². The van der Waals surface area contributed by atoms with Crippen molar-refractivity contribution in [1.82, 2.24) is 4.98 Å². The lowest BCUT2D eigenvalue weighted by Gasteiger charge is -2.07. The largest absolute Gasteiger partial charge is 0.475 e.